The van der Waals surface area contributed by atoms with Gasteiger partial charge in [0, 0.05) is 6.07 Å². The van der Waals surface area contributed by atoms with Gasteiger partial charge in [0.15, 0.2) is 5.69 Å². The van der Waals surface area contributed by atoms with Crippen molar-refractivity contribution in [2.24, 2.45) is 0 Å². The number of nitriles is 1. The lowest BCUT2D eigenvalue weighted by Gasteiger charge is -2.08. The summed E-state index contributed by atoms with van der Waals surface area (Å²) in [5.74, 6) is -1.83. The topological polar surface area (TPSA) is 83.2 Å². The number of methoxy groups -OCH3 is 1. The maximum atomic E-state index is 12.6. The molecule has 5 nitrogen and oxygen atoms in total. The number of halogens is 2. The average Bonchev–Trinajstić information content (AvgIpc) is 2.26. The number of pyridine rings is 1. The highest BCUT2D eigenvalue weighted by Gasteiger charge is 2.25. The third kappa shape index (κ3) is 2.06. The number of ether oxygens (including phenoxy) is 1. The highest BCUT2D eigenvalue weighted by molar-refractivity contribution is 5.88. The van der Waals surface area contributed by atoms with E-state index in [0.717, 1.165) is 6.07 Å². The fraction of sp³-hybridized carbons (Fsp3) is 0.222. The molecule has 0 atom stereocenters. The average molecular weight is 228 g/mol. The zero-order valence-corrected chi connectivity index (χ0v) is 8.07. The summed E-state index contributed by atoms with van der Waals surface area (Å²) in [6.45, 7) is 0. The molecule has 7 heteroatoms. The van der Waals surface area contributed by atoms with Crippen LogP contribution in [0.2, 0.25) is 0 Å². The molecule has 1 aromatic rings. The third-order valence-electron chi connectivity index (χ3n) is 1.79. The summed E-state index contributed by atoms with van der Waals surface area (Å²) in [5, 5.41) is 17.3. The highest BCUT2D eigenvalue weighted by atomic mass is 19.3. The summed E-state index contributed by atoms with van der Waals surface area (Å²) in [4.78, 5) is 14.1. The normalized spacial score (nSPS) is 9.94. The predicted octanol–water partition coefficient (Wildman–Crippen LogP) is 1.60. The Morgan fingerprint density at radius 3 is 2.69 bits per heavy atom. The number of hydrogen-bond acceptors (Lipinski definition) is 4. The van der Waals surface area contributed by atoms with Crippen LogP contribution in [-0.2, 0) is 0 Å². The molecule has 0 unspecified atom stereocenters. The van der Waals surface area contributed by atoms with Crippen LogP contribution in [0.1, 0.15) is 28.0 Å². The van der Waals surface area contributed by atoms with Crippen molar-refractivity contribution >= 4 is 5.97 Å². The lowest BCUT2D eigenvalue weighted by molar-refractivity contribution is 0.0675. The van der Waals surface area contributed by atoms with Crippen molar-refractivity contribution in [1.82, 2.24) is 4.98 Å². The molecule has 0 radical (unpaired) electrons. The van der Waals surface area contributed by atoms with Gasteiger partial charge in [0.25, 0.3) is 6.43 Å². The first-order chi connectivity index (χ1) is 7.51. The predicted molar refractivity (Wildman–Crippen MR) is 47.4 cm³/mol. The fourth-order valence-corrected chi connectivity index (χ4v) is 1.11. The minimum absolute atomic E-state index is 0.196. The van der Waals surface area contributed by atoms with Gasteiger partial charge in [-0.1, -0.05) is 0 Å². The Labute approximate surface area is 88.9 Å². The molecule has 0 aromatic carbocycles. The van der Waals surface area contributed by atoms with Crippen LogP contribution < -0.4 is 4.74 Å². The second-order valence-electron chi connectivity index (χ2n) is 2.69. The number of carboxylic acid groups (broad SMARTS) is 1. The SMILES string of the molecule is COc1cc(C#N)c(C(F)F)c(C(=O)O)n1. The molecule has 1 aromatic heterocycles. The molecule has 0 aliphatic rings. The first kappa shape index (κ1) is 11.8. The lowest BCUT2D eigenvalue weighted by atomic mass is 10.1. The molecule has 1 rings (SSSR count). The van der Waals surface area contributed by atoms with E-state index in [0.29, 0.717) is 0 Å². The van der Waals surface area contributed by atoms with Crippen LogP contribution in [0.4, 0.5) is 8.78 Å². The van der Waals surface area contributed by atoms with E-state index in [1.807, 2.05) is 0 Å². The Morgan fingerprint density at radius 1 is 1.69 bits per heavy atom. The van der Waals surface area contributed by atoms with E-state index in [1.54, 1.807) is 0 Å². The Hall–Kier alpha value is -2.23. The van der Waals surface area contributed by atoms with Crippen molar-refractivity contribution in [1.29, 1.82) is 5.26 Å². The first-order valence-corrected chi connectivity index (χ1v) is 4.01. The van der Waals surface area contributed by atoms with E-state index in [9.17, 15) is 13.6 Å². The van der Waals surface area contributed by atoms with Gasteiger partial charge >= 0.3 is 5.97 Å². The summed E-state index contributed by atoms with van der Waals surface area (Å²) in [6.07, 6.45) is -3.08. The monoisotopic (exact) mass is 228 g/mol. The molecule has 0 aliphatic carbocycles. The number of nitrogens with zero attached hydrogens (tertiary/aromatic N) is 2. The van der Waals surface area contributed by atoms with Crippen molar-refractivity contribution in [2.45, 2.75) is 6.43 Å². The van der Waals surface area contributed by atoms with Gasteiger partial charge in [-0.3, -0.25) is 0 Å². The Morgan fingerprint density at radius 2 is 2.31 bits per heavy atom. The van der Waals surface area contributed by atoms with Crippen LogP contribution in [0.15, 0.2) is 6.07 Å². The summed E-state index contributed by atoms with van der Waals surface area (Å²) in [7, 11) is 1.19. The van der Waals surface area contributed by atoms with Crippen LogP contribution in [0, 0.1) is 11.3 Å². The molecule has 0 fully saturated rings. The van der Waals surface area contributed by atoms with Gasteiger partial charge in [-0.15, -0.1) is 0 Å². The maximum Gasteiger partial charge on any atom is 0.355 e. The van der Waals surface area contributed by atoms with Crippen molar-refractivity contribution < 1.29 is 23.4 Å². The molecule has 84 valence electrons. The lowest BCUT2D eigenvalue weighted by Crippen LogP contribution is -2.09. The van der Waals surface area contributed by atoms with Gasteiger partial charge in [-0.25, -0.2) is 18.6 Å². The van der Waals surface area contributed by atoms with Gasteiger partial charge in [-0.2, -0.15) is 5.26 Å². The number of alkyl halides is 2. The summed E-state index contributed by atoms with van der Waals surface area (Å²) in [6, 6.07) is 2.45. The number of aromatic nitrogens is 1. The van der Waals surface area contributed by atoms with Crippen molar-refractivity contribution in [3.05, 3.63) is 22.9 Å². The molecule has 16 heavy (non-hydrogen) atoms. The Bertz CT molecular complexity index is 469. The van der Waals surface area contributed by atoms with Crippen molar-refractivity contribution in [2.75, 3.05) is 7.11 Å². The Balaban J connectivity index is 3.55. The van der Waals surface area contributed by atoms with Gasteiger partial charge in [-0.05, 0) is 0 Å². The molecule has 0 amide bonds. The second kappa shape index (κ2) is 4.53. The Kier molecular flexibility index (Phi) is 3.35. The van der Waals surface area contributed by atoms with Crippen molar-refractivity contribution in [3.8, 4) is 11.9 Å². The molecule has 1 heterocycles. The maximum absolute atomic E-state index is 12.6. The van der Waals surface area contributed by atoms with Gasteiger partial charge in [0.1, 0.15) is 0 Å². The third-order valence-corrected chi connectivity index (χ3v) is 1.79. The number of aromatic carboxylic acids is 1. The minimum Gasteiger partial charge on any atom is -0.481 e. The smallest absolute Gasteiger partial charge is 0.355 e. The van der Waals surface area contributed by atoms with Gasteiger partial charge < -0.3 is 9.84 Å². The van der Waals surface area contributed by atoms with E-state index in [4.69, 9.17) is 10.4 Å². The van der Waals surface area contributed by atoms with E-state index >= 15 is 0 Å². The van der Waals surface area contributed by atoms with Gasteiger partial charge in [0.05, 0.1) is 24.3 Å². The molecule has 0 saturated carbocycles. The number of rotatable bonds is 3. The second-order valence-corrected chi connectivity index (χ2v) is 2.69. The van der Waals surface area contributed by atoms with Gasteiger partial charge in [0.2, 0.25) is 5.88 Å². The molecule has 0 aliphatic heterocycles. The van der Waals surface area contributed by atoms with Crippen molar-refractivity contribution in [3.63, 3.8) is 0 Å². The van der Waals surface area contributed by atoms with Crippen LogP contribution in [-0.4, -0.2) is 23.2 Å². The van der Waals surface area contributed by atoms with E-state index in [-0.39, 0.29) is 5.88 Å². The molecule has 0 bridgehead atoms. The fourth-order valence-electron chi connectivity index (χ4n) is 1.11. The van der Waals surface area contributed by atoms with Crippen LogP contribution in [0.5, 0.6) is 5.88 Å². The number of carboxylic acids is 1. The summed E-state index contributed by atoms with van der Waals surface area (Å²) in [5.41, 5.74) is -2.22. The molecular weight excluding hydrogens is 222 g/mol. The van der Waals surface area contributed by atoms with E-state index in [2.05, 4.69) is 9.72 Å². The van der Waals surface area contributed by atoms with E-state index in [1.165, 1.54) is 13.2 Å². The summed E-state index contributed by atoms with van der Waals surface area (Å²) >= 11 is 0. The van der Waals surface area contributed by atoms with E-state index < -0.39 is 29.2 Å². The molecule has 0 saturated heterocycles. The quantitative estimate of drug-likeness (QED) is 0.849. The largest absolute Gasteiger partial charge is 0.481 e. The molecule has 0 spiro atoms. The van der Waals surface area contributed by atoms with Crippen LogP contribution >= 0.6 is 0 Å². The highest BCUT2D eigenvalue weighted by Crippen LogP contribution is 2.28. The van der Waals surface area contributed by atoms with Crippen LogP contribution in [0.25, 0.3) is 0 Å². The van der Waals surface area contributed by atoms with Crippen LogP contribution in [0.3, 0.4) is 0 Å². The molecule has 1 N–H and O–H groups in total. The molecular formula is C9H6F2N2O3. The summed E-state index contributed by atoms with van der Waals surface area (Å²) < 4.78 is 29.8. The minimum atomic E-state index is -3.08. The standard InChI is InChI=1S/C9H6F2N2O3/c1-16-5-2-4(3-12)6(8(10)11)7(13-5)9(14)15/h2,8H,1H3,(H,14,15). The number of hydrogen-bond donors (Lipinski definition) is 1. The number of carbonyl (C=O) groups is 1. The first-order valence-electron chi connectivity index (χ1n) is 4.01. The zero-order valence-electron chi connectivity index (χ0n) is 8.07. The zero-order chi connectivity index (χ0) is 12.3.